The highest BCUT2D eigenvalue weighted by atomic mass is 35.5. The maximum absolute atomic E-state index is 12.3. The standard InChI is InChI=1S/C22H24ClN3O/c23-20-7-6-18-9-13-26(21(18)14-20)16-22(27)24-10-3-11-25-12-8-17-4-1-2-5-19(17)15-25/h1-2,4-7,9,13-14H,3,8,10-12,15-16H2,(H,24,27). The molecule has 1 aliphatic rings. The minimum Gasteiger partial charge on any atom is -0.355 e. The summed E-state index contributed by atoms with van der Waals surface area (Å²) in [7, 11) is 0. The zero-order valence-corrected chi connectivity index (χ0v) is 16.1. The van der Waals surface area contributed by atoms with Crippen LogP contribution in [-0.4, -0.2) is 35.0 Å². The molecule has 0 spiro atoms. The highest BCUT2D eigenvalue weighted by Gasteiger charge is 2.15. The van der Waals surface area contributed by atoms with Crippen LogP contribution in [0.5, 0.6) is 0 Å². The molecule has 0 saturated heterocycles. The Balaban J connectivity index is 1.23. The summed E-state index contributed by atoms with van der Waals surface area (Å²) in [5.41, 5.74) is 3.90. The number of aromatic nitrogens is 1. The summed E-state index contributed by atoms with van der Waals surface area (Å²) in [5.74, 6) is 0.0384. The molecule has 3 aromatic rings. The Labute approximate surface area is 164 Å². The van der Waals surface area contributed by atoms with Crippen LogP contribution in [0.2, 0.25) is 5.02 Å². The summed E-state index contributed by atoms with van der Waals surface area (Å²) in [6, 6.07) is 16.4. The van der Waals surface area contributed by atoms with E-state index >= 15 is 0 Å². The van der Waals surface area contributed by atoms with Gasteiger partial charge >= 0.3 is 0 Å². The van der Waals surface area contributed by atoms with Crippen molar-refractivity contribution in [3.05, 3.63) is 70.9 Å². The van der Waals surface area contributed by atoms with Crippen molar-refractivity contribution in [2.24, 2.45) is 0 Å². The van der Waals surface area contributed by atoms with Gasteiger partial charge in [-0.1, -0.05) is 41.9 Å². The maximum atomic E-state index is 12.3. The van der Waals surface area contributed by atoms with Crippen LogP contribution in [0, 0.1) is 0 Å². The Kier molecular flexibility index (Phi) is 5.46. The fraction of sp³-hybridized carbons (Fsp3) is 0.318. The van der Waals surface area contributed by atoms with Crippen molar-refractivity contribution in [2.75, 3.05) is 19.6 Å². The summed E-state index contributed by atoms with van der Waals surface area (Å²) < 4.78 is 1.94. The molecule has 0 fully saturated rings. The van der Waals surface area contributed by atoms with Crippen LogP contribution in [0.4, 0.5) is 0 Å². The average molecular weight is 382 g/mol. The van der Waals surface area contributed by atoms with Gasteiger partial charge in [0.05, 0.1) is 0 Å². The van der Waals surface area contributed by atoms with E-state index in [9.17, 15) is 4.79 Å². The Morgan fingerprint density at radius 2 is 1.96 bits per heavy atom. The largest absolute Gasteiger partial charge is 0.355 e. The van der Waals surface area contributed by atoms with E-state index in [0.29, 0.717) is 18.1 Å². The van der Waals surface area contributed by atoms with E-state index in [1.165, 1.54) is 11.1 Å². The summed E-state index contributed by atoms with van der Waals surface area (Å²) in [5, 5.41) is 4.82. The third kappa shape index (κ3) is 4.34. The van der Waals surface area contributed by atoms with E-state index in [0.717, 1.165) is 43.4 Å². The number of hydrogen-bond donors (Lipinski definition) is 1. The quantitative estimate of drug-likeness (QED) is 0.658. The normalized spacial score (nSPS) is 14.3. The smallest absolute Gasteiger partial charge is 0.239 e. The molecule has 4 nitrogen and oxygen atoms in total. The first-order chi connectivity index (χ1) is 13.2. The van der Waals surface area contributed by atoms with E-state index in [4.69, 9.17) is 11.6 Å². The Morgan fingerprint density at radius 1 is 1.11 bits per heavy atom. The van der Waals surface area contributed by atoms with Crippen LogP contribution in [0.15, 0.2) is 54.7 Å². The molecule has 4 rings (SSSR count). The van der Waals surface area contributed by atoms with Gasteiger partial charge in [0.1, 0.15) is 6.54 Å². The zero-order valence-electron chi connectivity index (χ0n) is 15.3. The molecule has 2 aromatic carbocycles. The molecule has 0 radical (unpaired) electrons. The van der Waals surface area contributed by atoms with Crippen LogP contribution in [0.25, 0.3) is 10.9 Å². The van der Waals surface area contributed by atoms with Crippen molar-refractivity contribution in [2.45, 2.75) is 25.9 Å². The predicted molar refractivity (Wildman–Crippen MR) is 110 cm³/mol. The molecule has 27 heavy (non-hydrogen) atoms. The first-order valence-corrected chi connectivity index (χ1v) is 9.87. The molecular weight excluding hydrogens is 358 g/mol. The molecule has 0 unspecified atom stereocenters. The van der Waals surface area contributed by atoms with E-state index in [1.807, 2.05) is 35.0 Å². The number of nitrogens with zero attached hydrogens (tertiary/aromatic N) is 2. The molecule has 0 bridgehead atoms. The maximum Gasteiger partial charge on any atom is 0.239 e. The van der Waals surface area contributed by atoms with Crippen LogP contribution >= 0.6 is 11.6 Å². The van der Waals surface area contributed by atoms with Gasteiger partial charge in [0.2, 0.25) is 5.91 Å². The molecule has 2 heterocycles. The molecule has 1 aliphatic heterocycles. The van der Waals surface area contributed by atoms with Crippen molar-refractivity contribution >= 4 is 28.4 Å². The van der Waals surface area contributed by atoms with E-state index in [1.54, 1.807) is 0 Å². The number of hydrogen-bond acceptors (Lipinski definition) is 2. The van der Waals surface area contributed by atoms with Gasteiger partial charge in [-0.15, -0.1) is 0 Å². The number of benzene rings is 2. The molecule has 1 amide bonds. The highest BCUT2D eigenvalue weighted by Crippen LogP contribution is 2.20. The van der Waals surface area contributed by atoms with Crippen LogP contribution in [0.3, 0.4) is 0 Å². The number of amides is 1. The molecule has 0 atom stereocenters. The summed E-state index contributed by atoms with van der Waals surface area (Å²) >= 11 is 6.07. The molecule has 1 N–H and O–H groups in total. The van der Waals surface area contributed by atoms with Gasteiger partial charge in [0.15, 0.2) is 0 Å². The molecule has 0 saturated carbocycles. The summed E-state index contributed by atoms with van der Waals surface area (Å²) in [6.45, 7) is 4.15. The monoisotopic (exact) mass is 381 g/mol. The number of carbonyl (C=O) groups excluding carboxylic acids is 1. The fourth-order valence-electron chi connectivity index (χ4n) is 3.78. The molecule has 0 aliphatic carbocycles. The SMILES string of the molecule is O=C(Cn1ccc2ccc(Cl)cc21)NCCCN1CCc2ccccc2C1. The number of rotatable bonds is 6. The van der Waals surface area contributed by atoms with Gasteiger partial charge in [-0.25, -0.2) is 0 Å². The number of halogens is 1. The summed E-state index contributed by atoms with van der Waals surface area (Å²) in [4.78, 5) is 14.7. The van der Waals surface area contributed by atoms with E-state index < -0.39 is 0 Å². The van der Waals surface area contributed by atoms with Gasteiger partial charge in [-0.05, 0) is 47.6 Å². The van der Waals surface area contributed by atoms with Gasteiger partial charge in [0.25, 0.3) is 0 Å². The van der Waals surface area contributed by atoms with Crippen molar-refractivity contribution in [3.8, 4) is 0 Å². The molecular formula is C22H24ClN3O. The summed E-state index contributed by atoms with van der Waals surface area (Å²) in [6.07, 6.45) is 4.02. The first-order valence-electron chi connectivity index (χ1n) is 9.49. The molecule has 5 heteroatoms. The first kappa shape index (κ1) is 18.1. The lowest BCUT2D eigenvalue weighted by Crippen LogP contribution is -2.34. The second-order valence-corrected chi connectivity index (χ2v) is 7.58. The van der Waals surface area contributed by atoms with Gasteiger partial charge in [-0.3, -0.25) is 9.69 Å². The number of nitrogens with one attached hydrogen (secondary N) is 1. The molecule has 1 aromatic heterocycles. The fourth-order valence-corrected chi connectivity index (χ4v) is 3.95. The minimum atomic E-state index is 0.0384. The van der Waals surface area contributed by atoms with Crippen LogP contribution in [0.1, 0.15) is 17.5 Å². The molecule has 140 valence electrons. The lowest BCUT2D eigenvalue weighted by Gasteiger charge is -2.28. The van der Waals surface area contributed by atoms with Crippen LogP contribution < -0.4 is 5.32 Å². The lowest BCUT2D eigenvalue weighted by molar-refractivity contribution is -0.121. The van der Waals surface area contributed by atoms with E-state index in [2.05, 4.69) is 34.5 Å². The van der Waals surface area contributed by atoms with Gasteiger partial charge < -0.3 is 9.88 Å². The van der Waals surface area contributed by atoms with Crippen molar-refractivity contribution in [1.29, 1.82) is 0 Å². The third-order valence-electron chi connectivity index (χ3n) is 5.23. The second kappa shape index (κ2) is 8.15. The number of fused-ring (bicyclic) bond motifs is 2. The Bertz CT molecular complexity index is 950. The second-order valence-electron chi connectivity index (χ2n) is 7.15. The van der Waals surface area contributed by atoms with Crippen LogP contribution in [-0.2, 0) is 24.3 Å². The average Bonchev–Trinajstić information content (AvgIpc) is 3.07. The van der Waals surface area contributed by atoms with E-state index in [-0.39, 0.29) is 5.91 Å². The lowest BCUT2D eigenvalue weighted by atomic mass is 10.00. The van der Waals surface area contributed by atoms with Crippen molar-refractivity contribution in [3.63, 3.8) is 0 Å². The topological polar surface area (TPSA) is 37.3 Å². The predicted octanol–water partition coefficient (Wildman–Crippen LogP) is 3.86. The highest BCUT2D eigenvalue weighted by molar-refractivity contribution is 6.31. The van der Waals surface area contributed by atoms with Gasteiger partial charge in [-0.2, -0.15) is 0 Å². The zero-order chi connectivity index (χ0) is 18.6. The van der Waals surface area contributed by atoms with Crippen molar-refractivity contribution < 1.29 is 4.79 Å². The Morgan fingerprint density at radius 3 is 2.85 bits per heavy atom. The minimum absolute atomic E-state index is 0.0384. The third-order valence-corrected chi connectivity index (χ3v) is 5.47. The number of carbonyl (C=O) groups is 1. The van der Waals surface area contributed by atoms with Gasteiger partial charge in [0, 0.05) is 42.9 Å². The van der Waals surface area contributed by atoms with Crippen molar-refractivity contribution in [1.82, 2.24) is 14.8 Å². The Hall–Kier alpha value is -2.30.